The summed E-state index contributed by atoms with van der Waals surface area (Å²) in [5.74, 6) is 0.542. The summed E-state index contributed by atoms with van der Waals surface area (Å²) in [6.07, 6.45) is 1.75. The lowest BCUT2D eigenvalue weighted by Crippen LogP contribution is -2.32. The number of hydrogen-bond donors (Lipinski definition) is 1. The van der Waals surface area contributed by atoms with Gasteiger partial charge in [0.25, 0.3) is 5.91 Å². The van der Waals surface area contributed by atoms with Gasteiger partial charge in [-0.25, -0.2) is 4.98 Å². The lowest BCUT2D eigenvalue weighted by atomic mass is 10.2. The molecular weight excluding hydrogens is 260 g/mol. The molecule has 0 radical (unpaired) electrons. The average Bonchev–Trinajstić information content (AvgIpc) is 2.88. The van der Waals surface area contributed by atoms with Gasteiger partial charge in [-0.1, -0.05) is 19.1 Å². The molecule has 0 saturated heterocycles. The summed E-state index contributed by atoms with van der Waals surface area (Å²) in [6, 6.07) is 7.67. The van der Waals surface area contributed by atoms with Crippen LogP contribution in [0.15, 0.2) is 35.8 Å². The second-order valence-electron chi connectivity index (χ2n) is 4.16. The predicted octanol–water partition coefficient (Wildman–Crippen LogP) is 3.25. The maximum Gasteiger partial charge on any atom is 0.267 e. The molecule has 0 aliphatic carbocycles. The van der Waals surface area contributed by atoms with Gasteiger partial charge in [-0.15, -0.1) is 11.3 Å². The second kappa shape index (κ2) is 6.33. The summed E-state index contributed by atoms with van der Waals surface area (Å²) in [5, 5.41) is 5.16. The summed E-state index contributed by atoms with van der Waals surface area (Å²) < 4.78 is 5.72. The van der Waals surface area contributed by atoms with Gasteiger partial charge in [-0.3, -0.25) is 10.1 Å². The average molecular weight is 276 g/mol. The Hall–Kier alpha value is -1.88. The zero-order valence-corrected chi connectivity index (χ0v) is 11.7. The molecule has 0 spiro atoms. The third-order valence-electron chi connectivity index (χ3n) is 2.59. The number of anilines is 1. The Bertz CT molecular complexity index is 540. The van der Waals surface area contributed by atoms with Crippen molar-refractivity contribution in [3.63, 3.8) is 0 Å². The minimum Gasteiger partial charge on any atom is -0.481 e. The lowest BCUT2D eigenvalue weighted by molar-refractivity contribution is -0.122. The number of benzene rings is 1. The normalized spacial score (nSPS) is 11.9. The standard InChI is InChI=1S/C14H16N2O2S/c1-3-12(13(17)16-14-15-7-8-19-14)18-11-6-4-5-10(2)9-11/h4-9,12H,3H2,1-2H3,(H,15,16,17)/t12-/m1/s1. The largest absolute Gasteiger partial charge is 0.481 e. The van der Waals surface area contributed by atoms with Gasteiger partial charge in [0, 0.05) is 11.6 Å². The first-order chi connectivity index (χ1) is 9.19. The fraction of sp³-hybridized carbons (Fsp3) is 0.286. The van der Waals surface area contributed by atoms with Crippen molar-refractivity contribution in [1.29, 1.82) is 0 Å². The Labute approximate surface area is 116 Å². The molecule has 1 aromatic carbocycles. The molecule has 19 heavy (non-hydrogen) atoms. The van der Waals surface area contributed by atoms with Gasteiger partial charge in [-0.2, -0.15) is 0 Å². The molecule has 0 aliphatic heterocycles. The van der Waals surface area contributed by atoms with Gasteiger partial charge in [-0.05, 0) is 31.0 Å². The van der Waals surface area contributed by atoms with E-state index in [2.05, 4.69) is 10.3 Å². The van der Waals surface area contributed by atoms with Crippen molar-refractivity contribution in [2.75, 3.05) is 5.32 Å². The van der Waals surface area contributed by atoms with E-state index in [9.17, 15) is 4.79 Å². The summed E-state index contributed by atoms with van der Waals surface area (Å²) in [5.41, 5.74) is 1.10. The lowest BCUT2D eigenvalue weighted by Gasteiger charge is -2.16. The Morgan fingerprint density at radius 3 is 3.00 bits per heavy atom. The van der Waals surface area contributed by atoms with E-state index >= 15 is 0 Å². The van der Waals surface area contributed by atoms with E-state index in [4.69, 9.17) is 4.74 Å². The van der Waals surface area contributed by atoms with Gasteiger partial charge in [0.2, 0.25) is 0 Å². The first kappa shape index (κ1) is 13.5. The van der Waals surface area contributed by atoms with Crippen LogP contribution in [0.4, 0.5) is 5.13 Å². The van der Waals surface area contributed by atoms with Crippen LogP contribution in [0.2, 0.25) is 0 Å². The van der Waals surface area contributed by atoms with E-state index in [1.54, 1.807) is 6.20 Å². The Morgan fingerprint density at radius 2 is 2.37 bits per heavy atom. The number of carbonyl (C=O) groups excluding carboxylic acids is 1. The van der Waals surface area contributed by atoms with Crippen LogP contribution >= 0.6 is 11.3 Å². The van der Waals surface area contributed by atoms with Crippen LogP contribution in [-0.4, -0.2) is 17.0 Å². The fourth-order valence-corrected chi connectivity index (χ4v) is 2.18. The highest BCUT2D eigenvalue weighted by atomic mass is 32.1. The third kappa shape index (κ3) is 3.79. The van der Waals surface area contributed by atoms with E-state index in [0.717, 1.165) is 5.56 Å². The smallest absolute Gasteiger partial charge is 0.267 e. The number of nitrogens with one attached hydrogen (secondary N) is 1. The Kier molecular flexibility index (Phi) is 4.52. The van der Waals surface area contributed by atoms with Gasteiger partial charge in [0.1, 0.15) is 5.75 Å². The molecule has 1 atom stereocenters. The van der Waals surface area contributed by atoms with Crippen LogP contribution in [0.5, 0.6) is 5.75 Å². The van der Waals surface area contributed by atoms with Crippen molar-refractivity contribution >= 4 is 22.4 Å². The molecule has 1 aromatic heterocycles. The van der Waals surface area contributed by atoms with Crippen molar-refractivity contribution in [2.24, 2.45) is 0 Å². The molecule has 1 heterocycles. The van der Waals surface area contributed by atoms with Gasteiger partial charge >= 0.3 is 0 Å². The van der Waals surface area contributed by atoms with Crippen molar-refractivity contribution in [3.8, 4) is 5.75 Å². The highest BCUT2D eigenvalue weighted by molar-refractivity contribution is 7.13. The number of hydrogen-bond acceptors (Lipinski definition) is 4. The van der Waals surface area contributed by atoms with Crippen LogP contribution < -0.4 is 10.1 Å². The van der Waals surface area contributed by atoms with Crippen LogP contribution in [0.1, 0.15) is 18.9 Å². The number of nitrogens with zero attached hydrogens (tertiary/aromatic N) is 1. The molecule has 4 nitrogen and oxygen atoms in total. The van der Waals surface area contributed by atoms with Crippen molar-refractivity contribution < 1.29 is 9.53 Å². The number of rotatable bonds is 5. The molecule has 2 aromatic rings. The van der Waals surface area contributed by atoms with Crippen LogP contribution in [0.3, 0.4) is 0 Å². The molecule has 1 N–H and O–H groups in total. The Morgan fingerprint density at radius 1 is 1.53 bits per heavy atom. The van der Waals surface area contributed by atoms with Crippen LogP contribution in [-0.2, 0) is 4.79 Å². The van der Waals surface area contributed by atoms with E-state index in [1.165, 1.54) is 11.3 Å². The third-order valence-corrected chi connectivity index (χ3v) is 3.28. The number of carbonyl (C=O) groups is 1. The number of aromatic nitrogens is 1. The SMILES string of the molecule is CC[C@@H](Oc1cccc(C)c1)C(=O)Nc1nccs1. The first-order valence-electron chi connectivity index (χ1n) is 6.12. The van der Waals surface area contributed by atoms with E-state index < -0.39 is 6.10 Å². The molecule has 0 fully saturated rings. The maximum absolute atomic E-state index is 12.1. The molecule has 2 rings (SSSR count). The number of ether oxygens (including phenoxy) is 1. The second-order valence-corrected chi connectivity index (χ2v) is 5.05. The van der Waals surface area contributed by atoms with Crippen molar-refractivity contribution in [2.45, 2.75) is 26.4 Å². The number of aryl methyl sites for hydroxylation is 1. The molecule has 0 aliphatic rings. The Balaban J connectivity index is 2.01. The van der Waals surface area contributed by atoms with Gasteiger partial charge in [0.05, 0.1) is 0 Å². The molecule has 100 valence electrons. The van der Waals surface area contributed by atoms with E-state index in [1.807, 2.05) is 43.5 Å². The highest BCUT2D eigenvalue weighted by Gasteiger charge is 2.19. The number of thiazole rings is 1. The first-order valence-corrected chi connectivity index (χ1v) is 7.00. The monoisotopic (exact) mass is 276 g/mol. The van der Waals surface area contributed by atoms with Gasteiger partial charge in [0.15, 0.2) is 11.2 Å². The molecule has 0 bridgehead atoms. The highest BCUT2D eigenvalue weighted by Crippen LogP contribution is 2.17. The molecule has 0 unspecified atom stereocenters. The minimum absolute atomic E-state index is 0.168. The van der Waals surface area contributed by atoms with Crippen molar-refractivity contribution in [3.05, 3.63) is 41.4 Å². The van der Waals surface area contributed by atoms with Gasteiger partial charge < -0.3 is 4.74 Å². The maximum atomic E-state index is 12.1. The summed E-state index contributed by atoms with van der Waals surface area (Å²) in [6.45, 7) is 3.91. The topological polar surface area (TPSA) is 51.2 Å². The summed E-state index contributed by atoms with van der Waals surface area (Å²) >= 11 is 1.39. The summed E-state index contributed by atoms with van der Waals surface area (Å²) in [4.78, 5) is 16.1. The zero-order chi connectivity index (χ0) is 13.7. The number of amides is 1. The van der Waals surface area contributed by atoms with E-state index in [0.29, 0.717) is 17.3 Å². The van der Waals surface area contributed by atoms with E-state index in [-0.39, 0.29) is 5.91 Å². The summed E-state index contributed by atoms with van der Waals surface area (Å²) in [7, 11) is 0. The zero-order valence-electron chi connectivity index (χ0n) is 10.9. The fourth-order valence-electron chi connectivity index (χ4n) is 1.65. The van der Waals surface area contributed by atoms with Crippen LogP contribution in [0, 0.1) is 6.92 Å². The minimum atomic E-state index is -0.509. The predicted molar refractivity (Wildman–Crippen MR) is 76.6 cm³/mol. The molecule has 1 amide bonds. The molecule has 0 saturated carbocycles. The molecule has 5 heteroatoms. The quantitative estimate of drug-likeness (QED) is 0.912. The van der Waals surface area contributed by atoms with Crippen LogP contribution in [0.25, 0.3) is 0 Å². The van der Waals surface area contributed by atoms with Crippen molar-refractivity contribution in [1.82, 2.24) is 4.98 Å². The molecular formula is C14H16N2O2S.